The SMILES string of the molecule is CC(C)n1c(CCNC(=O)[C@@H](Cc2ccccc2)n2cnnn2)nc2ccccc21. The van der Waals surface area contributed by atoms with Gasteiger partial charge in [-0.2, -0.15) is 0 Å². The van der Waals surface area contributed by atoms with Gasteiger partial charge >= 0.3 is 0 Å². The van der Waals surface area contributed by atoms with Gasteiger partial charge in [-0.15, -0.1) is 5.10 Å². The lowest BCUT2D eigenvalue weighted by Gasteiger charge is -2.17. The fourth-order valence-electron chi connectivity index (χ4n) is 3.72. The van der Waals surface area contributed by atoms with E-state index in [0.717, 1.165) is 22.4 Å². The van der Waals surface area contributed by atoms with Crippen molar-refractivity contribution in [2.24, 2.45) is 0 Å². The van der Waals surface area contributed by atoms with Crippen molar-refractivity contribution in [3.05, 3.63) is 72.3 Å². The van der Waals surface area contributed by atoms with Crippen molar-refractivity contribution in [1.29, 1.82) is 0 Å². The Kier molecular flexibility index (Phi) is 5.83. The highest BCUT2D eigenvalue weighted by atomic mass is 16.2. The van der Waals surface area contributed by atoms with E-state index in [-0.39, 0.29) is 11.9 Å². The first-order valence-corrected chi connectivity index (χ1v) is 10.1. The van der Waals surface area contributed by atoms with Crippen LogP contribution in [0.25, 0.3) is 11.0 Å². The quantitative estimate of drug-likeness (QED) is 0.489. The van der Waals surface area contributed by atoms with E-state index in [1.165, 1.54) is 11.0 Å². The molecule has 0 aliphatic rings. The Balaban J connectivity index is 1.46. The van der Waals surface area contributed by atoms with Gasteiger partial charge in [-0.3, -0.25) is 4.79 Å². The van der Waals surface area contributed by atoms with E-state index in [0.29, 0.717) is 19.4 Å². The van der Waals surface area contributed by atoms with Crippen LogP contribution in [0.1, 0.15) is 37.3 Å². The lowest BCUT2D eigenvalue weighted by atomic mass is 10.1. The minimum atomic E-state index is -0.508. The maximum absolute atomic E-state index is 13.0. The molecule has 1 atom stereocenters. The highest BCUT2D eigenvalue weighted by Crippen LogP contribution is 2.21. The largest absolute Gasteiger partial charge is 0.354 e. The molecule has 0 radical (unpaired) electrons. The van der Waals surface area contributed by atoms with Crippen LogP contribution in [0.4, 0.5) is 0 Å². The Hall–Kier alpha value is -3.55. The van der Waals surface area contributed by atoms with Gasteiger partial charge in [-0.05, 0) is 42.0 Å². The number of aromatic nitrogens is 6. The Morgan fingerprint density at radius 3 is 2.57 bits per heavy atom. The van der Waals surface area contributed by atoms with Crippen molar-refractivity contribution in [3.63, 3.8) is 0 Å². The molecular weight excluding hydrogens is 378 g/mol. The van der Waals surface area contributed by atoms with Gasteiger partial charge in [-0.25, -0.2) is 9.67 Å². The van der Waals surface area contributed by atoms with Gasteiger partial charge in [0.15, 0.2) is 0 Å². The summed E-state index contributed by atoms with van der Waals surface area (Å²) in [6.07, 6.45) is 2.64. The van der Waals surface area contributed by atoms with Crippen LogP contribution in [0.5, 0.6) is 0 Å². The molecule has 1 amide bonds. The lowest BCUT2D eigenvalue weighted by Crippen LogP contribution is -2.35. The molecule has 4 aromatic rings. The number of imidazole rings is 1. The Morgan fingerprint density at radius 2 is 1.83 bits per heavy atom. The number of carbonyl (C=O) groups is 1. The molecule has 0 aliphatic carbocycles. The van der Waals surface area contributed by atoms with Crippen LogP contribution in [0.3, 0.4) is 0 Å². The van der Waals surface area contributed by atoms with E-state index in [2.05, 4.69) is 45.3 Å². The van der Waals surface area contributed by atoms with Gasteiger partial charge in [0.25, 0.3) is 0 Å². The summed E-state index contributed by atoms with van der Waals surface area (Å²) in [7, 11) is 0. The van der Waals surface area contributed by atoms with Gasteiger partial charge in [-0.1, -0.05) is 42.5 Å². The van der Waals surface area contributed by atoms with E-state index in [1.54, 1.807) is 0 Å². The minimum Gasteiger partial charge on any atom is -0.354 e. The summed E-state index contributed by atoms with van der Waals surface area (Å²) in [6.45, 7) is 4.77. The van der Waals surface area contributed by atoms with Gasteiger partial charge in [0.2, 0.25) is 5.91 Å². The van der Waals surface area contributed by atoms with Crippen LogP contribution in [0.15, 0.2) is 60.9 Å². The second kappa shape index (κ2) is 8.86. The standard InChI is InChI=1S/C22H25N7O/c1-16(2)29-19-11-7-6-10-18(19)25-21(29)12-13-23-22(30)20(28-15-24-26-27-28)14-17-8-4-3-5-9-17/h3-11,15-16,20H,12-14H2,1-2H3,(H,23,30)/t20-/m1/s1. The van der Waals surface area contributed by atoms with Crippen LogP contribution >= 0.6 is 0 Å². The molecule has 0 aliphatic heterocycles. The molecule has 2 aromatic carbocycles. The van der Waals surface area contributed by atoms with Crippen molar-refractivity contribution in [2.75, 3.05) is 6.54 Å². The molecule has 0 saturated carbocycles. The molecular formula is C22H25N7O. The van der Waals surface area contributed by atoms with E-state index in [9.17, 15) is 4.79 Å². The van der Waals surface area contributed by atoms with Crippen LogP contribution in [-0.2, 0) is 17.6 Å². The zero-order valence-electron chi connectivity index (χ0n) is 17.1. The third-order valence-corrected chi connectivity index (χ3v) is 5.09. The summed E-state index contributed by atoms with van der Waals surface area (Å²) in [5.41, 5.74) is 3.14. The number of para-hydroxylation sites is 2. The van der Waals surface area contributed by atoms with Gasteiger partial charge < -0.3 is 9.88 Å². The van der Waals surface area contributed by atoms with E-state index in [1.807, 2.05) is 48.5 Å². The number of nitrogens with one attached hydrogen (secondary N) is 1. The van der Waals surface area contributed by atoms with Crippen molar-refractivity contribution in [3.8, 4) is 0 Å². The smallest absolute Gasteiger partial charge is 0.245 e. The maximum Gasteiger partial charge on any atom is 0.245 e. The molecule has 1 N–H and O–H groups in total. The topological polar surface area (TPSA) is 90.5 Å². The van der Waals surface area contributed by atoms with Gasteiger partial charge in [0, 0.05) is 25.4 Å². The van der Waals surface area contributed by atoms with Crippen molar-refractivity contribution < 1.29 is 4.79 Å². The molecule has 2 heterocycles. The summed E-state index contributed by atoms with van der Waals surface area (Å²) >= 11 is 0. The average Bonchev–Trinajstić information content (AvgIpc) is 3.40. The number of nitrogens with zero attached hydrogens (tertiary/aromatic N) is 6. The molecule has 30 heavy (non-hydrogen) atoms. The van der Waals surface area contributed by atoms with E-state index in [4.69, 9.17) is 4.98 Å². The number of amides is 1. The number of fused-ring (bicyclic) bond motifs is 1. The summed E-state index contributed by atoms with van der Waals surface area (Å²) in [4.78, 5) is 17.7. The van der Waals surface area contributed by atoms with Crippen LogP contribution in [-0.4, -0.2) is 42.2 Å². The summed E-state index contributed by atoms with van der Waals surface area (Å²) in [5.74, 6) is 0.854. The van der Waals surface area contributed by atoms with Crippen molar-refractivity contribution >= 4 is 16.9 Å². The number of rotatable bonds is 8. The van der Waals surface area contributed by atoms with E-state index < -0.39 is 6.04 Å². The lowest BCUT2D eigenvalue weighted by molar-refractivity contribution is -0.124. The first kappa shape index (κ1) is 19.8. The summed E-state index contributed by atoms with van der Waals surface area (Å²) in [5, 5.41) is 14.4. The molecule has 4 rings (SSSR count). The second-order valence-corrected chi connectivity index (χ2v) is 7.52. The molecule has 0 fully saturated rings. The monoisotopic (exact) mass is 403 g/mol. The fraction of sp³-hybridized carbons (Fsp3) is 0.318. The number of benzene rings is 2. The first-order valence-electron chi connectivity index (χ1n) is 10.1. The minimum absolute atomic E-state index is 0.113. The summed E-state index contributed by atoms with van der Waals surface area (Å²) in [6, 6.07) is 17.8. The number of tetrazole rings is 1. The third-order valence-electron chi connectivity index (χ3n) is 5.09. The van der Waals surface area contributed by atoms with Crippen molar-refractivity contribution in [1.82, 2.24) is 35.1 Å². The Labute approximate surface area is 174 Å². The fourth-order valence-corrected chi connectivity index (χ4v) is 3.72. The average molecular weight is 403 g/mol. The molecule has 0 unspecified atom stereocenters. The first-order chi connectivity index (χ1) is 14.6. The normalized spacial score (nSPS) is 12.4. The third kappa shape index (κ3) is 4.22. The van der Waals surface area contributed by atoms with Crippen molar-refractivity contribution in [2.45, 2.75) is 38.8 Å². The zero-order chi connectivity index (χ0) is 20.9. The molecule has 8 nitrogen and oxygen atoms in total. The molecule has 0 saturated heterocycles. The molecule has 0 bridgehead atoms. The van der Waals surface area contributed by atoms with Gasteiger partial charge in [0.1, 0.15) is 18.2 Å². The Morgan fingerprint density at radius 1 is 1.07 bits per heavy atom. The zero-order valence-corrected chi connectivity index (χ0v) is 17.1. The number of hydrogen-bond acceptors (Lipinski definition) is 5. The van der Waals surface area contributed by atoms with Gasteiger partial charge in [0.05, 0.1) is 11.0 Å². The van der Waals surface area contributed by atoms with Crippen LogP contribution in [0, 0.1) is 0 Å². The predicted molar refractivity (Wildman–Crippen MR) is 114 cm³/mol. The van der Waals surface area contributed by atoms with Crippen LogP contribution < -0.4 is 5.32 Å². The second-order valence-electron chi connectivity index (χ2n) is 7.52. The molecule has 154 valence electrons. The van der Waals surface area contributed by atoms with E-state index >= 15 is 0 Å². The van der Waals surface area contributed by atoms with Crippen LogP contribution in [0.2, 0.25) is 0 Å². The highest BCUT2D eigenvalue weighted by molar-refractivity contribution is 5.80. The molecule has 0 spiro atoms. The molecule has 2 aromatic heterocycles. The Bertz CT molecular complexity index is 1100. The summed E-state index contributed by atoms with van der Waals surface area (Å²) < 4.78 is 3.73. The number of hydrogen-bond donors (Lipinski definition) is 1. The predicted octanol–water partition coefficient (Wildman–Crippen LogP) is 2.75. The molecule has 8 heteroatoms. The maximum atomic E-state index is 13.0. The number of carbonyl (C=O) groups excluding carboxylic acids is 1. The highest BCUT2D eigenvalue weighted by Gasteiger charge is 2.22.